The Kier molecular flexibility index (Phi) is 5.84. The molecule has 8 heteroatoms. The van der Waals surface area contributed by atoms with Gasteiger partial charge in [0.15, 0.2) is 0 Å². The molecule has 2 aromatic rings. The number of urea groups is 1. The normalized spacial score (nSPS) is 12.5. The number of nitrogens with zero attached hydrogens (tertiary/aromatic N) is 2. The predicted molar refractivity (Wildman–Crippen MR) is 96.2 cm³/mol. The van der Waals surface area contributed by atoms with E-state index in [0.717, 1.165) is 22.9 Å². The molecule has 0 radical (unpaired) electrons. The van der Waals surface area contributed by atoms with Gasteiger partial charge in [0.1, 0.15) is 0 Å². The fourth-order valence-corrected chi connectivity index (χ4v) is 2.54. The highest BCUT2D eigenvalue weighted by Gasteiger charge is 2.22. The van der Waals surface area contributed by atoms with Crippen LogP contribution in [-0.2, 0) is 4.79 Å². The zero-order valence-corrected chi connectivity index (χ0v) is 15.7. The Labute approximate surface area is 151 Å². The summed E-state index contributed by atoms with van der Waals surface area (Å²) >= 11 is 1.10. The molecule has 1 aromatic carbocycles. The number of aromatic nitrogens is 2. The molecule has 0 saturated carbocycles. The standard InChI is InChI=1S/C17H22N4O3S/c1-10-6-8-12(9-7-10)14-20-21-16(24-14)25-11(2)13(22)18-15(23)19-17(3,4)5/h6-9,11H,1-5H3,(H2,18,19,22,23)/t11-/m1/s1. The van der Waals surface area contributed by atoms with Crippen LogP contribution >= 0.6 is 11.8 Å². The number of amides is 3. The topological polar surface area (TPSA) is 97.1 Å². The first-order chi connectivity index (χ1) is 11.6. The number of benzene rings is 1. The van der Waals surface area contributed by atoms with Crippen LogP contribution in [0.25, 0.3) is 11.5 Å². The largest absolute Gasteiger partial charge is 0.411 e. The van der Waals surface area contributed by atoms with Crippen LogP contribution in [0, 0.1) is 6.92 Å². The monoisotopic (exact) mass is 362 g/mol. The lowest BCUT2D eigenvalue weighted by molar-refractivity contribution is -0.119. The third-order valence-corrected chi connectivity index (χ3v) is 4.01. The summed E-state index contributed by atoms with van der Waals surface area (Å²) < 4.78 is 5.58. The van der Waals surface area contributed by atoms with Gasteiger partial charge in [-0.2, -0.15) is 0 Å². The maximum Gasteiger partial charge on any atom is 0.321 e. The van der Waals surface area contributed by atoms with E-state index >= 15 is 0 Å². The minimum absolute atomic E-state index is 0.273. The van der Waals surface area contributed by atoms with E-state index in [0.29, 0.717) is 5.89 Å². The zero-order valence-electron chi connectivity index (χ0n) is 14.9. The van der Waals surface area contributed by atoms with Crippen LogP contribution in [0.5, 0.6) is 0 Å². The summed E-state index contributed by atoms with van der Waals surface area (Å²) in [6.45, 7) is 9.16. The molecule has 0 unspecified atom stereocenters. The molecule has 0 aliphatic rings. The molecule has 3 amide bonds. The van der Waals surface area contributed by atoms with E-state index in [4.69, 9.17) is 4.42 Å². The molecule has 0 fully saturated rings. The van der Waals surface area contributed by atoms with Gasteiger partial charge in [-0.15, -0.1) is 10.2 Å². The molecule has 134 valence electrons. The molecule has 0 bridgehead atoms. The molecule has 1 aromatic heterocycles. The molecule has 1 heterocycles. The molecule has 7 nitrogen and oxygen atoms in total. The smallest absolute Gasteiger partial charge is 0.321 e. The summed E-state index contributed by atoms with van der Waals surface area (Å²) in [7, 11) is 0. The van der Waals surface area contributed by atoms with Crippen LogP contribution in [0.4, 0.5) is 4.79 Å². The average molecular weight is 362 g/mol. The van der Waals surface area contributed by atoms with Crippen molar-refractivity contribution in [3.05, 3.63) is 29.8 Å². The van der Waals surface area contributed by atoms with Gasteiger partial charge in [0, 0.05) is 11.1 Å². The van der Waals surface area contributed by atoms with Gasteiger partial charge in [0.2, 0.25) is 11.8 Å². The molecular weight excluding hydrogens is 340 g/mol. The lowest BCUT2D eigenvalue weighted by Gasteiger charge is -2.20. The van der Waals surface area contributed by atoms with Gasteiger partial charge in [-0.3, -0.25) is 10.1 Å². The molecule has 0 aliphatic carbocycles. The molecular formula is C17H22N4O3S. The highest BCUT2D eigenvalue weighted by Crippen LogP contribution is 2.26. The van der Waals surface area contributed by atoms with Crippen molar-refractivity contribution in [3.8, 4) is 11.5 Å². The van der Waals surface area contributed by atoms with Gasteiger partial charge in [0.25, 0.3) is 5.22 Å². The van der Waals surface area contributed by atoms with E-state index in [1.54, 1.807) is 6.92 Å². The number of nitrogens with one attached hydrogen (secondary N) is 2. The number of hydrogen-bond donors (Lipinski definition) is 2. The molecule has 0 spiro atoms. The van der Waals surface area contributed by atoms with Crippen molar-refractivity contribution in [1.82, 2.24) is 20.8 Å². The number of carbonyl (C=O) groups is 2. The molecule has 0 saturated heterocycles. The Hall–Kier alpha value is -2.35. The van der Waals surface area contributed by atoms with Crippen LogP contribution in [0.1, 0.15) is 33.3 Å². The first kappa shape index (κ1) is 19.0. The summed E-state index contributed by atoms with van der Waals surface area (Å²) in [5.41, 5.74) is 1.53. The van der Waals surface area contributed by atoms with Crippen molar-refractivity contribution in [1.29, 1.82) is 0 Å². The number of thioether (sulfide) groups is 1. The van der Waals surface area contributed by atoms with Crippen molar-refractivity contribution < 1.29 is 14.0 Å². The fourth-order valence-electron chi connectivity index (χ4n) is 1.86. The molecule has 2 N–H and O–H groups in total. The van der Waals surface area contributed by atoms with Crippen LogP contribution in [0.3, 0.4) is 0 Å². The second-order valence-electron chi connectivity index (χ2n) is 6.69. The summed E-state index contributed by atoms with van der Waals surface area (Å²) in [4.78, 5) is 23.8. The van der Waals surface area contributed by atoms with E-state index in [1.165, 1.54) is 0 Å². The van der Waals surface area contributed by atoms with Crippen LogP contribution < -0.4 is 10.6 Å². The fraction of sp³-hybridized carbons (Fsp3) is 0.412. The Morgan fingerprint density at radius 2 is 1.80 bits per heavy atom. The Morgan fingerprint density at radius 1 is 1.16 bits per heavy atom. The maximum atomic E-state index is 12.1. The van der Waals surface area contributed by atoms with Crippen LogP contribution in [-0.4, -0.2) is 32.9 Å². The first-order valence-electron chi connectivity index (χ1n) is 7.84. The molecule has 25 heavy (non-hydrogen) atoms. The highest BCUT2D eigenvalue weighted by molar-refractivity contribution is 8.00. The van der Waals surface area contributed by atoms with Gasteiger partial charge < -0.3 is 9.73 Å². The summed E-state index contributed by atoms with van der Waals surface area (Å²) in [6.07, 6.45) is 0. The van der Waals surface area contributed by atoms with Gasteiger partial charge in [-0.25, -0.2) is 4.79 Å². The van der Waals surface area contributed by atoms with Crippen molar-refractivity contribution in [2.45, 2.75) is 50.6 Å². The number of rotatable bonds is 4. The third kappa shape index (κ3) is 5.90. The Balaban J connectivity index is 1.94. The van der Waals surface area contributed by atoms with Gasteiger partial charge in [-0.1, -0.05) is 29.5 Å². The van der Waals surface area contributed by atoms with Gasteiger partial charge in [0.05, 0.1) is 5.25 Å². The lowest BCUT2D eigenvalue weighted by Crippen LogP contribution is -2.49. The summed E-state index contributed by atoms with van der Waals surface area (Å²) in [5, 5.41) is 12.6. The summed E-state index contributed by atoms with van der Waals surface area (Å²) in [6, 6.07) is 7.16. The quantitative estimate of drug-likeness (QED) is 0.811. The average Bonchev–Trinajstić information content (AvgIpc) is 2.94. The third-order valence-electron chi connectivity index (χ3n) is 3.08. The van der Waals surface area contributed by atoms with Crippen molar-refractivity contribution in [2.75, 3.05) is 0 Å². The minimum Gasteiger partial charge on any atom is -0.411 e. The molecule has 1 atom stereocenters. The van der Waals surface area contributed by atoms with E-state index in [-0.39, 0.29) is 5.22 Å². The van der Waals surface area contributed by atoms with E-state index in [9.17, 15) is 9.59 Å². The zero-order chi connectivity index (χ0) is 18.6. The Bertz CT molecular complexity index is 750. The summed E-state index contributed by atoms with van der Waals surface area (Å²) in [5.74, 6) is -0.0394. The number of imide groups is 1. The second-order valence-corrected chi connectivity index (χ2v) is 7.98. The lowest BCUT2D eigenvalue weighted by atomic mass is 10.1. The van der Waals surface area contributed by atoms with Gasteiger partial charge >= 0.3 is 6.03 Å². The first-order valence-corrected chi connectivity index (χ1v) is 8.72. The number of hydrogen-bond acceptors (Lipinski definition) is 6. The van der Waals surface area contributed by atoms with E-state index in [1.807, 2.05) is 52.0 Å². The Morgan fingerprint density at radius 3 is 2.40 bits per heavy atom. The van der Waals surface area contributed by atoms with Crippen LogP contribution in [0.2, 0.25) is 0 Å². The van der Waals surface area contributed by atoms with Crippen molar-refractivity contribution >= 4 is 23.7 Å². The van der Waals surface area contributed by atoms with Crippen molar-refractivity contribution in [2.24, 2.45) is 0 Å². The van der Waals surface area contributed by atoms with Crippen molar-refractivity contribution in [3.63, 3.8) is 0 Å². The maximum absolute atomic E-state index is 12.1. The number of carbonyl (C=O) groups excluding carboxylic acids is 2. The number of aryl methyl sites for hydroxylation is 1. The molecule has 2 rings (SSSR count). The molecule has 0 aliphatic heterocycles. The van der Waals surface area contributed by atoms with E-state index in [2.05, 4.69) is 20.8 Å². The SMILES string of the molecule is Cc1ccc(-c2nnc(S[C@H](C)C(=O)NC(=O)NC(C)(C)C)o2)cc1. The van der Waals surface area contributed by atoms with Gasteiger partial charge in [-0.05, 0) is 46.8 Å². The van der Waals surface area contributed by atoms with Crippen LogP contribution in [0.15, 0.2) is 33.9 Å². The minimum atomic E-state index is -0.558. The second kappa shape index (κ2) is 7.69. The predicted octanol–water partition coefficient (Wildman–Crippen LogP) is 3.15. The van der Waals surface area contributed by atoms with E-state index < -0.39 is 22.7 Å². The highest BCUT2D eigenvalue weighted by atomic mass is 32.2.